The second-order valence-corrected chi connectivity index (χ2v) is 3.12. The molecule has 0 N–H and O–H groups in total. The van der Waals surface area contributed by atoms with E-state index in [1.54, 1.807) is 0 Å². The second-order valence-electron chi connectivity index (χ2n) is 1.46. The normalized spacial score (nSPS) is 30.4. The Bertz CT molecular complexity index is 65.1. The molecule has 1 fully saturated rings. The molecule has 1 saturated heterocycles. The van der Waals surface area contributed by atoms with Gasteiger partial charge in [0.25, 0.3) is 0 Å². The largest absolute Gasteiger partial charge is 0.350 e. The van der Waals surface area contributed by atoms with Crippen molar-refractivity contribution < 1.29 is 7.80 Å². The molecule has 0 amide bonds. The van der Waals surface area contributed by atoms with E-state index in [1.807, 2.05) is 34.8 Å². The third-order valence-corrected chi connectivity index (χ3v) is 2.42. The van der Waals surface area contributed by atoms with Gasteiger partial charge in [-0.2, -0.15) is 11.8 Å². The number of ether oxygens (including phenoxy) is 1. The fraction of sp³-hybridized carbons (Fsp3) is 1.00. The highest BCUT2D eigenvalue weighted by atomic mass is 127. The lowest BCUT2D eigenvalue weighted by Crippen LogP contribution is -2.22. The molecule has 0 bridgehead atoms. The van der Waals surface area contributed by atoms with Gasteiger partial charge in [-0.3, -0.25) is 3.07 Å². The minimum atomic E-state index is 0.0364. The molecule has 1 atom stereocenters. The maximum Gasteiger partial charge on any atom is 0.177 e. The van der Waals surface area contributed by atoms with Gasteiger partial charge in [-0.05, 0) is 0 Å². The smallest absolute Gasteiger partial charge is 0.177 e. The Hall–Kier alpha value is 1.00. The van der Waals surface area contributed by atoms with Crippen molar-refractivity contribution in [3.05, 3.63) is 0 Å². The van der Waals surface area contributed by atoms with Crippen LogP contribution in [0.4, 0.5) is 0 Å². The van der Waals surface area contributed by atoms with Gasteiger partial charge in [-0.25, -0.2) is 0 Å². The molecule has 1 aliphatic rings. The van der Waals surface area contributed by atoms with E-state index in [0.29, 0.717) is 0 Å². The van der Waals surface area contributed by atoms with E-state index in [0.717, 1.165) is 18.1 Å². The van der Waals surface area contributed by atoms with Crippen LogP contribution < -0.4 is 0 Å². The molecular formula is C4H7IO2S. The molecule has 0 aliphatic carbocycles. The van der Waals surface area contributed by atoms with Crippen molar-refractivity contribution in [3.63, 3.8) is 0 Å². The third kappa shape index (κ3) is 2.08. The summed E-state index contributed by atoms with van der Waals surface area (Å²) in [6, 6.07) is 0. The van der Waals surface area contributed by atoms with E-state index in [1.165, 1.54) is 0 Å². The number of hydrogen-bond donors (Lipinski definition) is 0. The summed E-state index contributed by atoms with van der Waals surface area (Å²) in [5, 5.41) is 0. The predicted molar refractivity (Wildman–Crippen MR) is 42.2 cm³/mol. The lowest BCUT2D eigenvalue weighted by Gasteiger charge is -2.18. The Kier molecular flexibility index (Phi) is 3.48. The number of halogens is 1. The molecule has 48 valence electrons. The molecule has 4 heteroatoms. The van der Waals surface area contributed by atoms with E-state index in [9.17, 15) is 0 Å². The highest BCUT2D eigenvalue weighted by Gasteiger charge is 2.12. The number of rotatable bonds is 1. The number of thioether (sulfide) groups is 1. The highest BCUT2D eigenvalue weighted by molar-refractivity contribution is 14.1. The molecule has 1 aliphatic heterocycles. The first-order valence-electron chi connectivity index (χ1n) is 2.40. The molecular weight excluding hydrogens is 239 g/mol. The summed E-state index contributed by atoms with van der Waals surface area (Å²) < 4.78 is 10.1. The quantitative estimate of drug-likeness (QED) is 0.652. The van der Waals surface area contributed by atoms with Crippen molar-refractivity contribution in [1.82, 2.24) is 0 Å². The van der Waals surface area contributed by atoms with Crippen molar-refractivity contribution >= 4 is 34.8 Å². The SMILES string of the molecule is IOC1CSCCO1. The molecule has 0 spiro atoms. The standard InChI is InChI=1S/C4H7IO2S/c5-7-4-3-8-2-1-6-4/h4H,1-3H2. The van der Waals surface area contributed by atoms with E-state index in [-0.39, 0.29) is 6.29 Å². The van der Waals surface area contributed by atoms with Crippen LogP contribution >= 0.6 is 34.8 Å². The molecule has 0 aromatic heterocycles. The van der Waals surface area contributed by atoms with Crippen LogP contribution in [-0.2, 0) is 7.80 Å². The summed E-state index contributed by atoms with van der Waals surface area (Å²) >= 11 is 3.74. The zero-order chi connectivity index (χ0) is 5.82. The van der Waals surface area contributed by atoms with E-state index in [4.69, 9.17) is 7.80 Å². The molecule has 1 rings (SSSR count). The molecule has 0 aromatic rings. The molecule has 1 unspecified atom stereocenters. The van der Waals surface area contributed by atoms with Gasteiger partial charge >= 0.3 is 0 Å². The Balaban J connectivity index is 2.13. The van der Waals surface area contributed by atoms with Crippen LogP contribution in [0.15, 0.2) is 0 Å². The van der Waals surface area contributed by atoms with Crippen LogP contribution in [0.2, 0.25) is 0 Å². The summed E-state index contributed by atoms with van der Waals surface area (Å²) in [4.78, 5) is 0. The first-order valence-corrected chi connectivity index (χ1v) is 4.44. The topological polar surface area (TPSA) is 18.5 Å². The average molecular weight is 246 g/mol. The van der Waals surface area contributed by atoms with Gasteiger partial charge < -0.3 is 4.74 Å². The molecule has 0 aromatic carbocycles. The molecule has 8 heavy (non-hydrogen) atoms. The van der Waals surface area contributed by atoms with Gasteiger partial charge in [0.05, 0.1) is 6.61 Å². The Labute approximate surface area is 67.0 Å². The Morgan fingerprint density at radius 3 is 3.00 bits per heavy atom. The minimum absolute atomic E-state index is 0.0364. The lowest BCUT2D eigenvalue weighted by molar-refractivity contribution is -0.0350. The monoisotopic (exact) mass is 246 g/mol. The van der Waals surface area contributed by atoms with Crippen molar-refractivity contribution in [1.29, 1.82) is 0 Å². The van der Waals surface area contributed by atoms with Gasteiger partial charge in [0.2, 0.25) is 0 Å². The summed E-state index contributed by atoms with van der Waals surface area (Å²) in [6.45, 7) is 0.832. The maximum absolute atomic E-state index is 5.18. The zero-order valence-corrected chi connectivity index (χ0v) is 7.28. The summed E-state index contributed by atoms with van der Waals surface area (Å²) in [6.07, 6.45) is 0.0364. The highest BCUT2D eigenvalue weighted by Crippen LogP contribution is 2.14. The third-order valence-electron chi connectivity index (χ3n) is 0.885. The van der Waals surface area contributed by atoms with Crippen molar-refractivity contribution in [2.75, 3.05) is 18.1 Å². The van der Waals surface area contributed by atoms with Crippen LogP contribution in [0, 0.1) is 0 Å². The van der Waals surface area contributed by atoms with Crippen LogP contribution in [0.3, 0.4) is 0 Å². The zero-order valence-electron chi connectivity index (χ0n) is 4.30. The summed E-state index contributed by atoms with van der Waals surface area (Å²) in [7, 11) is 0. The fourth-order valence-electron chi connectivity index (χ4n) is 0.518. The molecule has 1 heterocycles. The van der Waals surface area contributed by atoms with Crippen LogP contribution in [0.1, 0.15) is 0 Å². The van der Waals surface area contributed by atoms with Crippen LogP contribution in [0.25, 0.3) is 0 Å². The maximum atomic E-state index is 5.18. The van der Waals surface area contributed by atoms with Crippen molar-refractivity contribution in [2.45, 2.75) is 6.29 Å². The van der Waals surface area contributed by atoms with E-state index >= 15 is 0 Å². The summed E-state index contributed by atoms with van der Waals surface area (Å²) in [5.74, 6) is 2.08. The molecule has 0 radical (unpaired) electrons. The average Bonchev–Trinajstić information content (AvgIpc) is 1.90. The van der Waals surface area contributed by atoms with E-state index < -0.39 is 0 Å². The van der Waals surface area contributed by atoms with Crippen LogP contribution in [0.5, 0.6) is 0 Å². The van der Waals surface area contributed by atoms with Gasteiger partial charge in [0, 0.05) is 11.5 Å². The minimum Gasteiger partial charge on any atom is -0.350 e. The Morgan fingerprint density at radius 1 is 1.75 bits per heavy atom. The van der Waals surface area contributed by atoms with Gasteiger partial charge in [-0.1, -0.05) is 0 Å². The van der Waals surface area contributed by atoms with Crippen LogP contribution in [-0.4, -0.2) is 24.4 Å². The first-order chi connectivity index (χ1) is 3.93. The van der Waals surface area contributed by atoms with Gasteiger partial charge in [0.15, 0.2) is 6.29 Å². The molecule has 2 nitrogen and oxygen atoms in total. The second kappa shape index (κ2) is 3.92. The Morgan fingerprint density at radius 2 is 2.62 bits per heavy atom. The van der Waals surface area contributed by atoms with E-state index in [2.05, 4.69) is 0 Å². The summed E-state index contributed by atoms with van der Waals surface area (Å²) in [5.41, 5.74) is 0. The first kappa shape index (κ1) is 7.11. The number of hydrogen-bond acceptors (Lipinski definition) is 3. The van der Waals surface area contributed by atoms with Gasteiger partial charge in [-0.15, -0.1) is 0 Å². The fourth-order valence-corrected chi connectivity index (χ4v) is 1.83. The predicted octanol–water partition coefficient (Wildman–Crippen LogP) is 1.44. The van der Waals surface area contributed by atoms with Gasteiger partial charge in [0.1, 0.15) is 23.0 Å². The van der Waals surface area contributed by atoms with Crippen molar-refractivity contribution in [2.24, 2.45) is 0 Å². The molecule has 0 saturated carbocycles. The lowest BCUT2D eigenvalue weighted by atomic mass is 10.7. The van der Waals surface area contributed by atoms with Crippen molar-refractivity contribution in [3.8, 4) is 0 Å².